The third-order valence-corrected chi connectivity index (χ3v) is 5.83. The van der Waals surface area contributed by atoms with Crippen molar-refractivity contribution in [1.82, 2.24) is 14.6 Å². The highest BCUT2D eigenvalue weighted by Gasteiger charge is 2.36. The van der Waals surface area contributed by atoms with Crippen LogP contribution >= 0.6 is 0 Å². The van der Waals surface area contributed by atoms with E-state index in [9.17, 15) is 21.6 Å². The van der Waals surface area contributed by atoms with E-state index in [0.29, 0.717) is 28.7 Å². The van der Waals surface area contributed by atoms with Crippen LogP contribution in [-0.4, -0.2) is 35.9 Å². The molecule has 150 valence electrons. The molecule has 1 aromatic carbocycles. The molecule has 0 fully saturated rings. The Morgan fingerprint density at radius 2 is 1.82 bits per heavy atom. The second-order valence-corrected chi connectivity index (χ2v) is 8.23. The highest BCUT2D eigenvalue weighted by Crippen LogP contribution is 2.33. The summed E-state index contributed by atoms with van der Waals surface area (Å²) >= 11 is 0. The summed E-state index contributed by atoms with van der Waals surface area (Å²) in [6.07, 6.45) is -3.70. The van der Waals surface area contributed by atoms with E-state index in [0.717, 1.165) is 12.1 Å². The van der Waals surface area contributed by atoms with Gasteiger partial charge in [0.05, 0.1) is 18.6 Å². The Balaban J connectivity index is 2.18. The number of methoxy groups -OCH3 is 1. The average Bonchev–Trinajstić information content (AvgIpc) is 3.10. The van der Waals surface area contributed by atoms with E-state index in [2.05, 4.69) is 10.1 Å². The Morgan fingerprint density at radius 1 is 1.14 bits per heavy atom. The monoisotopic (exact) mass is 413 g/mol. The Bertz CT molecular complexity index is 1090. The molecule has 3 rings (SSSR count). The van der Waals surface area contributed by atoms with E-state index in [1.165, 1.54) is 7.11 Å². The normalized spacial score (nSPS) is 12.5. The number of hydrogen-bond donors (Lipinski definition) is 0. The predicted octanol–water partition coefficient (Wildman–Crippen LogP) is 4.00. The number of aromatic nitrogens is 3. The van der Waals surface area contributed by atoms with Crippen LogP contribution in [0.2, 0.25) is 0 Å². The lowest BCUT2D eigenvalue weighted by atomic mass is 10.1. The first kappa shape index (κ1) is 20.1. The summed E-state index contributed by atoms with van der Waals surface area (Å²) in [6, 6.07) is 8.29. The van der Waals surface area contributed by atoms with Gasteiger partial charge in [0, 0.05) is 11.6 Å². The summed E-state index contributed by atoms with van der Waals surface area (Å²) in [7, 11) is -2.31. The molecule has 0 unspecified atom stereocenters. The Labute approximate surface area is 159 Å². The van der Waals surface area contributed by atoms with Gasteiger partial charge in [-0.05, 0) is 36.8 Å². The molecule has 6 nitrogen and oxygen atoms in total. The first-order valence-electron chi connectivity index (χ1n) is 8.51. The topological polar surface area (TPSA) is 73.6 Å². The van der Waals surface area contributed by atoms with Crippen molar-refractivity contribution < 1.29 is 26.3 Å². The molecule has 0 aliphatic carbocycles. The van der Waals surface area contributed by atoms with E-state index < -0.39 is 26.7 Å². The number of benzene rings is 1. The summed E-state index contributed by atoms with van der Waals surface area (Å²) in [4.78, 5) is 4.18. The van der Waals surface area contributed by atoms with Crippen LogP contribution in [0.1, 0.15) is 25.5 Å². The van der Waals surface area contributed by atoms with Gasteiger partial charge in [-0.2, -0.15) is 18.3 Å². The van der Waals surface area contributed by atoms with Gasteiger partial charge in [-0.3, -0.25) is 0 Å². The molecule has 10 heteroatoms. The van der Waals surface area contributed by atoms with Crippen LogP contribution in [-0.2, 0) is 16.0 Å². The molecule has 2 aromatic heterocycles. The van der Waals surface area contributed by atoms with Gasteiger partial charge >= 0.3 is 6.18 Å². The smallest absolute Gasteiger partial charge is 0.433 e. The summed E-state index contributed by atoms with van der Waals surface area (Å²) in [5, 5.41) is 3.28. The van der Waals surface area contributed by atoms with Gasteiger partial charge in [-0.25, -0.2) is 17.9 Å². The maximum Gasteiger partial charge on any atom is 0.433 e. The van der Waals surface area contributed by atoms with Gasteiger partial charge in [0.25, 0.3) is 0 Å². The fourth-order valence-electron chi connectivity index (χ4n) is 2.66. The number of ether oxygens (including phenoxy) is 1. The zero-order valence-corrected chi connectivity index (χ0v) is 16.0. The number of hydrogen-bond acceptors (Lipinski definition) is 5. The van der Waals surface area contributed by atoms with Crippen molar-refractivity contribution in [3.05, 3.63) is 42.1 Å². The van der Waals surface area contributed by atoms with Gasteiger partial charge in [0.15, 0.2) is 26.2 Å². The number of unbranched alkanes of at least 4 members (excludes halogenated alkanes) is 1. The van der Waals surface area contributed by atoms with Crippen LogP contribution in [0.3, 0.4) is 0 Å². The van der Waals surface area contributed by atoms with E-state index >= 15 is 0 Å². The maximum atomic E-state index is 13.6. The van der Waals surface area contributed by atoms with Gasteiger partial charge in [-0.1, -0.05) is 13.3 Å². The Morgan fingerprint density at radius 3 is 2.39 bits per heavy atom. The number of alkyl halides is 3. The van der Waals surface area contributed by atoms with Crippen LogP contribution in [0.4, 0.5) is 13.2 Å². The zero-order valence-electron chi connectivity index (χ0n) is 15.2. The molecular formula is C18H18F3N3O3S. The summed E-state index contributed by atoms with van der Waals surface area (Å²) in [5.74, 6) is 0.370. The Hall–Kier alpha value is -2.62. The zero-order chi connectivity index (χ0) is 20.5. The first-order chi connectivity index (χ1) is 13.2. The molecule has 0 amide bonds. The second kappa shape index (κ2) is 7.42. The molecule has 0 radical (unpaired) electrons. The van der Waals surface area contributed by atoms with Gasteiger partial charge < -0.3 is 4.74 Å². The van der Waals surface area contributed by atoms with E-state index in [1.807, 2.05) is 6.92 Å². The SMILES string of the molecule is CCCCS(=O)(=O)c1cc2nc(-c3ccc(OC)cc3)cc(C(F)(F)F)n2n1. The highest BCUT2D eigenvalue weighted by atomic mass is 32.2. The number of halogens is 3. The van der Waals surface area contributed by atoms with Crippen LogP contribution in [0.15, 0.2) is 41.4 Å². The molecule has 0 atom stereocenters. The lowest BCUT2D eigenvalue weighted by molar-refractivity contribution is -0.142. The number of fused-ring (bicyclic) bond motifs is 1. The van der Waals surface area contributed by atoms with Gasteiger partial charge in [-0.15, -0.1) is 0 Å². The van der Waals surface area contributed by atoms with Crippen LogP contribution < -0.4 is 4.74 Å². The lowest BCUT2D eigenvalue weighted by Gasteiger charge is -2.11. The average molecular weight is 413 g/mol. The highest BCUT2D eigenvalue weighted by molar-refractivity contribution is 7.91. The number of rotatable bonds is 6. The molecule has 2 heterocycles. The van der Waals surface area contributed by atoms with Crippen molar-refractivity contribution in [2.24, 2.45) is 0 Å². The van der Waals surface area contributed by atoms with E-state index in [-0.39, 0.29) is 17.1 Å². The minimum absolute atomic E-state index is 0.0554. The van der Waals surface area contributed by atoms with Crippen molar-refractivity contribution in [1.29, 1.82) is 0 Å². The lowest BCUT2D eigenvalue weighted by Crippen LogP contribution is -2.14. The minimum Gasteiger partial charge on any atom is -0.497 e. The molecule has 0 saturated heterocycles. The molecule has 0 aliphatic heterocycles. The summed E-state index contributed by atoms with van der Waals surface area (Å²) in [5.41, 5.74) is -0.791. The Kier molecular flexibility index (Phi) is 5.33. The van der Waals surface area contributed by atoms with Crippen molar-refractivity contribution in [3.63, 3.8) is 0 Å². The van der Waals surface area contributed by atoms with Crippen molar-refractivity contribution in [3.8, 4) is 17.0 Å². The first-order valence-corrected chi connectivity index (χ1v) is 10.2. The largest absolute Gasteiger partial charge is 0.497 e. The quantitative estimate of drug-likeness (QED) is 0.611. The minimum atomic E-state index is -4.74. The third kappa shape index (κ3) is 3.96. The third-order valence-electron chi connectivity index (χ3n) is 4.17. The van der Waals surface area contributed by atoms with E-state index in [4.69, 9.17) is 4.74 Å². The molecule has 0 aliphatic rings. The van der Waals surface area contributed by atoms with Crippen molar-refractivity contribution in [2.75, 3.05) is 12.9 Å². The molecule has 28 heavy (non-hydrogen) atoms. The molecule has 0 spiro atoms. The fraction of sp³-hybridized carbons (Fsp3) is 0.333. The number of sulfone groups is 1. The van der Waals surface area contributed by atoms with Crippen LogP contribution in [0.5, 0.6) is 5.75 Å². The van der Waals surface area contributed by atoms with Crippen molar-refractivity contribution >= 4 is 15.5 Å². The predicted molar refractivity (Wildman–Crippen MR) is 96.9 cm³/mol. The molecule has 0 N–H and O–H groups in total. The molecule has 3 aromatic rings. The summed E-state index contributed by atoms with van der Waals surface area (Å²) in [6.45, 7) is 1.82. The van der Waals surface area contributed by atoms with Crippen LogP contribution in [0.25, 0.3) is 16.9 Å². The second-order valence-electron chi connectivity index (χ2n) is 6.18. The van der Waals surface area contributed by atoms with E-state index in [1.54, 1.807) is 24.3 Å². The molecular weight excluding hydrogens is 395 g/mol. The standard InChI is InChI=1S/C18H18F3N3O3S/c1-3-4-9-28(25,26)17-11-16-22-14(12-5-7-13(27-2)8-6-12)10-15(18(19,20)21)24(16)23-17/h5-8,10-11H,3-4,9H2,1-2H3. The molecule has 0 bridgehead atoms. The number of nitrogens with zero attached hydrogens (tertiary/aromatic N) is 3. The molecule has 0 saturated carbocycles. The van der Waals surface area contributed by atoms with Gasteiger partial charge in [0.2, 0.25) is 0 Å². The van der Waals surface area contributed by atoms with Crippen molar-refractivity contribution in [2.45, 2.75) is 31.0 Å². The fourth-order valence-corrected chi connectivity index (χ4v) is 4.02. The van der Waals surface area contributed by atoms with Gasteiger partial charge in [0.1, 0.15) is 5.75 Å². The maximum absolute atomic E-state index is 13.6. The summed E-state index contributed by atoms with van der Waals surface area (Å²) < 4.78 is 71.0. The van der Waals surface area contributed by atoms with Crippen LogP contribution in [0, 0.1) is 0 Å².